The summed E-state index contributed by atoms with van der Waals surface area (Å²) < 4.78 is 5.02. The van der Waals surface area contributed by atoms with E-state index in [1.165, 1.54) is 13.2 Å². The predicted octanol–water partition coefficient (Wildman–Crippen LogP) is 1.46. The fourth-order valence-corrected chi connectivity index (χ4v) is 2.60. The van der Waals surface area contributed by atoms with Crippen molar-refractivity contribution in [3.63, 3.8) is 0 Å². The van der Waals surface area contributed by atoms with Crippen LogP contribution in [0.25, 0.3) is 0 Å². The molecule has 0 aromatic heterocycles. The molecule has 112 valence electrons. The number of hydrogen-bond donors (Lipinski definition) is 1. The molecule has 0 unspecified atom stereocenters. The van der Waals surface area contributed by atoms with Gasteiger partial charge in [0.15, 0.2) is 5.75 Å². The number of nitrogens with one attached hydrogen (secondary N) is 1. The van der Waals surface area contributed by atoms with Gasteiger partial charge in [0.25, 0.3) is 0 Å². The van der Waals surface area contributed by atoms with E-state index in [9.17, 15) is 10.1 Å². The third-order valence-corrected chi connectivity index (χ3v) is 3.66. The molecule has 1 fully saturated rings. The van der Waals surface area contributed by atoms with Crippen molar-refractivity contribution < 1.29 is 9.66 Å². The number of benzene rings is 1. The summed E-state index contributed by atoms with van der Waals surface area (Å²) in [5.74, 6) is 0.236. The van der Waals surface area contributed by atoms with Crippen LogP contribution in [0.1, 0.15) is 18.0 Å². The highest BCUT2D eigenvalue weighted by molar-refractivity contribution is 5.49. The third-order valence-electron chi connectivity index (χ3n) is 3.66. The number of piperazine rings is 1. The number of methoxy groups -OCH3 is 1. The van der Waals surface area contributed by atoms with Gasteiger partial charge >= 0.3 is 5.69 Å². The van der Waals surface area contributed by atoms with E-state index in [0.717, 1.165) is 31.7 Å². The van der Waals surface area contributed by atoms with Crippen LogP contribution in [0.3, 0.4) is 0 Å². The van der Waals surface area contributed by atoms with Crippen molar-refractivity contribution in [2.75, 3.05) is 33.3 Å². The number of nitriles is 1. The van der Waals surface area contributed by atoms with Crippen LogP contribution in [-0.2, 0) is 0 Å². The molecule has 1 aliphatic heterocycles. The van der Waals surface area contributed by atoms with Crippen LogP contribution in [0.15, 0.2) is 18.2 Å². The first-order valence-corrected chi connectivity index (χ1v) is 6.81. The summed E-state index contributed by atoms with van der Waals surface area (Å²) in [6.07, 6.45) is 0.309. The van der Waals surface area contributed by atoms with Gasteiger partial charge in [-0.1, -0.05) is 6.07 Å². The highest BCUT2D eigenvalue weighted by atomic mass is 16.6. The fourth-order valence-electron chi connectivity index (χ4n) is 2.60. The summed E-state index contributed by atoms with van der Waals surface area (Å²) in [5, 5.41) is 23.4. The number of nitro benzene ring substituents is 1. The van der Waals surface area contributed by atoms with E-state index in [2.05, 4.69) is 16.3 Å². The molecule has 7 heteroatoms. The Morgan fingerprint density at radius 2 is 2.24 bits per heavy atom. The summed E-state index contributed by atoms with van der Waals surface area (Å²) in [6, 6.07) is 6.97. The third kappa shape index (κ3) is 3.48. The average Bonchev–Trinajstić information content (AvgIpc) is 2.52. The van der Waals surface area contributed by atoms with Crippen LogP contribution in [-0.4, -0.2) is 43.1 Å². The first-order chi connectivity index (χ1) is 10.2. The second kappa shape index (κ2) is 7.02. The standard InChI is InChI=1S/C14H18N4O3/c1-21-14-3-2-11(10-13(14)18(19)20)12(4-5-15)17-8-6-16-7-9-17/h2-3,10,12,16H,4,6-9H2,1H3/t12-/m0/s1. The van der Waals surface area contributed by atoms with E-state index in [-0.39, 0.29) is 17.5 Å². The Bertz CT molecular complexity index is 550. The fraction of sp³-hybridized carbons (Fsp3) is 0.500. The minimum Gasteiger partial charge on any atom is -0.490 e. The zero-order valence-corrected chi connectivity index (χ0v) is 11.9. The van der Waals surface area contributed by atoms with Crippen molar-refractivity contribution in [1.29, 1.82) is 5.26 Å². The topological polar surface area (TPSA) is 91.4 Å². The highest BCUT2D eigenvalue weighted by Crippen LogP contribution is 2.33. The molecule has 1 aromatic rings. The van der Waals surface area contributed by atoms with Crippen LogP contribution in [0, 0.1) is 21.4 Å². The second-order valence-corrected chi connectivity index (χ2v) is 4.85. The van der Waals surface area contributed by atoms with Crippen LogP contribution in [0.2, 0.25) is 0 Å². The van der Waals surface area contributed by atoms with Gasteiger partial charge in [-0.05, 0) is 11.6 Å². The van der Waals surface area contributed by atoms with Crippen molar-refractivity contribution in [3.05, 3.63) is 33.9 Å². The lowest BCUT2D eigenvalue weighted by Crippen LogP contribution is -2.45. The molecule has 21 heavy (non-hydrogen) atoms. The number of hydrogen-bond acceptors (Lipinski definition) is 6. The monoisotopic (exact) mass is 290 g/mol. The molecule has 7 nitrogen and oxygen atoms in total. The summed E-state index contributed by atoms with van der Waals surface area (Å²) in [7, 11) is 1.41. The first-order valence-electron chi connectivity index (χ1n) is 6.81. The highest BCUT2D eigenvalue weighted by Gasteiger charge is 2.25. The summed E-state index contributed by atoms with van der Waals surface area (Å²) in [6.45, 7) is 3.37. The van der Waals surface area contributed by atoms with Crippen LogP contribution < -0.4 is 10.1 Å². The molecule has 1 atom stereocenters. The lowest BCUT2D eigenvalue weighted by molar-refractivity contribution is -0.385. The van der Waals surface area contributed by atoms with Crippen molar-refractivity contribution in [2.24, 2.45) is 0 Å². The molecule has 1 aromatic carbocycles. The zero-order valence-electron chi connectivity index (χ0n) is 11.9. The van der Waals surface area contributed by atoms with Crippen LogP contribution >= 0.6 is 0 Å². The second-order valence-electron chi connectivity index (χ2n) is 4.85. The van der Waals surface area contributed by atoms with Crippen LogP contribution in [0.5, 0.6) is 5.75 Å². The quantitative estimate of drug-likeness (QED) is 0.652. The van der Waals surface area contributed by atoms with E-state index >= 15 is 0 Å². The van der Waals surface area contributed by atoms with Gasteiger partial charge in [-0.3, -0.25) is 15.0 Å². The molecule has 1 N–H and O–H groups in total. The van der Waals surface area contributed by atoms with Gasteiger partial charge in [-0.15, -0.1) is 0 Å². The molecule has 0 spiro atoms. The smallest absolute Gasteiger partial charge is 0.311 e. The molecular weight excluding hydrogens is 272 g/mol. The van der Waals surface area contributed by atoms with Crippen molar-refractivity contribution in [2.45, 2.75) is 12.5 Å². The first kappa shape index (κ1) is 15.2. The minimum absolute atomic E-state index is 0.0620. The molecule has 0 bridgehead atoms. The Kier molecular flexibility index (Phi) is 5.09. The molecule has 1 heterocycles. The van der Waals surface area contributed by atoms with Gasteiger partial charge in [-0.2, -0.15) is 5.26 Å². The van der Waals surface area contributed by atoms with Gasteiger partial charge in [-0.25, -0.2) is 0 Å². The molecule has 2 rings (SSSR count). The average molecular weight is 290 g/mol. The SMILES string of the molecule is COc1ccc([C@H](CC#N)N2CCNCC2)cc1[N+](=O)[O-]. The van der Waals surface area contributed by atoms with Crippen molar-refractivity contribution in [3.8, 4) is 11.8 Å². The largest absolute Gasteiger partial charge is 0.490 e. The van der Waals surface area contributed by atoms with E-state index < -0.39 is 4.92 Å². The van der Waals surface area contributed by atoms with Crippen molar-refractivity contribution in [1.82, 2.24) is 10.2 Å². The van der Waals surface area contributed by atoms with Gasteiger partial charge < -0.3 is 10.1 Å². The Balaban J connectivity index is 2.33. The van der Waals surface area contributed by atoms with Gasteiger partial charge in [0.05, 0.1) is 24.5 Å². The van der Waals surface area contributed by atoms with Crippen molar-refractivity contribution >= 4 is 5.69 Å². The van der Waals surface area contributed by atoms with Gasteiger partial charge in [0, 0.05) is 38.3 Å². The maximum Gasteiger partial charge on any atom is 0.311 e. The van der Waals surface area contributed by atoms with E-state index in [0.29, 0.717) is 6.42 Å². The van der Waals surface area contributed by atoms with Gasteiger partial charge in [0.2, 0.25) is 0 Å². The molecule has 1 aliphatic rings. The Labute approximate surface area is 123 Å². The molecule has 1 saturated heterocycles. The Morgan fingerprint density at radius 3 is 2.81 bits per heavy atom. The van der Waals surface area contributed by atoms with Crippen LogP contribution in [0.4, 0.5) is 5.69 Å². The zero-order chi connectivity index (χ0) is 15.2. The van der Waals surface area contributed by atoms with E-state index in [1.807, 2.05) is 0 Å². The number of ether oxygens (including phenoxy) is 1. The maximum absolute atomic E-state index is 11.1. The maximum atomic E-state index is 11.1. The minimum atomic E-state index is -0.455. The summed E-state index contributed by atoms with van der Waals surface area (Å²) >= 11 is 0. The summed E-state index contributed by atoms with van der Waals surface area (Å²) in [4.78, 5) is 12.9. The number of nitro groups is 1. The Hall–Kier alpha value is -2.17. The Morgan fingerprint density at radius 1 is 1.52 bits per heavy atom. The van der Waals surface area contributed by atoms with Gasteiger partial charge in [0.1, 0.15) is 0 Å². The normalized spacial score (nSPS) is 17.0. The lowest BCUT2D eigenvalue weighted by Gasteiger charge is -2.34. The summed E-state index contributed by atoms with van der Waals surface area (Å²) in [5.41, 5.74) is 0.721. The molecule has 0 radical (unpaired) electrons. The lowest BCUT2D eigenvalue weighted by atomic mass is 10.0. The number of rotatable bonds is 5. The number of nitrogens with zero attached hydrogens (tertiary/aromatic N) is 3. The molecule has 0 aliphatic carbocycles. The molecular formula is C14H18N4O3. The van der Waals surface area contributed by atoms with E-state index in [1.54, 1.807) is 12.1 Å². The van der Waals surface area contributed by atoms with E-state index in [4.69, 9.17) is 10.00 Å². The molecule has 0 saturated carbocycles. The molecule has 0 amide bonds. The predicted molar refractivity (Wildman–Crippen MR) is 77.1 cm³/mol.